The van der Waals surface area contributed by atoms with Gasteiger partial charge < -0.3 is 19.2 Å². The molecule has 9 heteroatoms. The number of non-ortho nitro benzene ring substituents is 1. The third kappa shape index (κ3) is 3.08. The number of hydrogen-bond acceptors (Lipinski definition) is 5. The van der Waals surface area contributed by atoms with E-state index in [0.29, 0.717) is 17.7 Å². The number of rotatable bonds is 4. The molecule has 4 aromatic rings. The molecule has 2 atom stereocenters. The van der Waals surface area contributed by atoms with Gasteiger partial charge in [-0.25, -0.2) is 0 Å². The lowest BCUT2D eigenvalue weighted by atomic mass is 9.86. The highest BCUT2D eigenvalue weighted by Crippen LogP contribution is 2.43. The summed E-state index contributed by atoms with van der Waals surface area (Å²) in [6.07, 6.45) is 1.90. The summed E-state index contributed by atoms with van der Waals surface area (Å²) in [7, 11) is 0. The number of carbonyl (C=O) groups is 2. The zero-order valence-corrected chi connectivity index (χ0v) is 18.0. The summed E-state index contributed by atoms with van der Waals surface area (Å²) in [5.74, 6) is 0.229. The summed E-state index contributed by atoms with van der Waals surface area (Å²) in [6, 6.07) is 16.2. The summed E-state index contributed by atoms with van der Waals surface area (Å²) >= 11 is 0. The molecule has 170 valence electrons. The van der Waals surface area contributed by atoms with Gasteiger partial charge in [-0.15, -0.1) is 0 Å². The first-order valence-corrected chi connectivity index (χ1v) is 11.0. The number of piperazine rings is 1. The Hall–Kier alpha value is -4.40. The van der Waals surface area contributed by atoms with Crippen molar-refractivity contribution in [3.05, 3.63) is 99.6 Å². The lowest BCUT2D eigenvalue weighted by molar-refractivity contribution is -0.384. The molecule has 2 amide bonds. The lowest BCUT2D eigenvalue weighted by Gasteiger charge is -2.46. The van der Waals surface area contributed by atoms with Crippen LogP contribution in [0, 0.1) is 10.1 Å². The van der Waals surface area contributed by atoms with Crippen LogP contribution in [-0.4, -0.2) is 44.1 Å². The minimum Gasteiger partial charge on any atom is -0.467 e. The zero-order chi connectivity index (χ0) is 23.4. The smallest absolute Gasteiger partial charge is 0.269 e. The number of carbonyl (C=O) groups excluding carboxylic acids is 2. The largest absolute Gasteiger partial charge is 0.467 e. The molecule has 6 rings (SSSR count). The topological polar surface area (TPSA) is 113 Å². The highest BCUT2D eigenvalue weighted by molar-refractivity contribution is 5.97. The van der Waals surface area contributed by atoms with E-state index < -0.39 is 17.0 Å². The molecule has 4 heterocycles. The second-order valence-electron chi connectivity index (χ2n) is 8.61. The van der Waals surface area contributed by atoms with Crippen LogP contribution in [0.5, 0.6) is 0 Å². The minimum atomic E-state index is -0.716. The van der Waals surface area contributed by atoms with Crippen molar-refractivity contribution in [3.63, 3.8) is 0 Å². The molecular formula is C25H20N4O5. The molecule has 0 unspecified atom stereocenters. The fourth-order valence-corrected chi connectivity index (χ4v) is 5.20. The maximum atomic E-state index is 13.6. The Balaban J connectivity index is 1.49. The van der Waals surface area contributed by atoms with Crippen LogP contribution < -0.4 is 0 Å². The van der Waals surface area contributed by atoms with E-state index in [4.69, 9.17) is 4.42 Å². The van der Waals surface area contributed by atoms with Crippen LogP contribution in [-0.2, 0) is 22.6 Å². The highest BCUT2D eigenvalue weighted by Gasteiger charge is 2.48. The van der Waals surface area contributed by atoms with Gasteiger partial charge in [-0.2, -0.15) is 0 Å². The van der Waals surface area contributed by atoms with E-state index >= 15 is 0 Å². The van der Waals surface area contributed by atoms with E-state index in [-0.39, 0.29) is 30.6 Å². The normalized spacial score (nSPS) is 19.9. The molecule has 1 fully saturated rings. The Labute approximate surface area is 193 Å². The van der Waals surface area contributed by atoms with Gasteiger partial charge in [-0.3, -0.25) is 19.7 Å². The number of hydrogen-bond donors (Lipinski definition) is 1. The fraction of sp³-hybridized carbons (Fsp3) is 0.200. The van der Waals surface area contributed by atoms with Gasteiger partial charge in [0.25, 0.3) is 5.69 Å². The predicted molar refractivity (Wildman–Crippen MR) is 122 cm³/mol. The van der Waals surface area contributed by atoms with E-state index in [1.807, 2.05) is 24.3 Å². The van der Waals surface area contributed by atoms with Crippen molar-refractivity contribution in [2.45, 2.75) is 25.0 Å². The first kappa shape index (κ1) is 20.2. The van der Waals surface area contributed by atoms with Crippen LogP contribution >= 0.6 is 0 Å². The summed E-state index contributed by atoms with van der Waals surface area (Å²) in [5, 5.41) is 12.4. The Bertz CT molecular complexity index is 1440. The number of H-pyrrole nitrogens is 1. The molecule has 2 aromatic heterocycles. The standard InChI is InChI=1S/C25H20N4O5/c30-22-14-27(13-17-7-4-10-34-17)25(31)21-12-19-18-8-1-2-9-20(18)26-23(19)24(28(21)22)15-5-3-6-16(11-15)29(32)33/h1-11,21,24,26H,12-14H2/t21-,24-/m0/s1. The number of nitro groups is 1. The van der Waals surface area contributed by atoms with E-state index in [1.54, 1.807) is 29.2 Å². The quantitative estimate of drug-likeness (QED) is 0.373. The zero-order valence-electron chi connectivity index (χ0n) is 18.0. The van der Waals surface area contributed by atoms with Gasteiger partial charge in [-0.05, 0) is 29.3 Å². The number of fused-ring (bicyclic) bond motifs is 4. The monoisotopic (exact) mass is 456 g/mol. The third-order valence-corrected chi connectivity index (χ3v) is 6.67. The van der Waals surface area contributed by atoms with E-state index in [2.05, 4.69) is 4.98 Å². The molecule has 2 aromatic carbocycles. The Morgan fingerprint density at radius 3 is 2.74 bits per heavy atom. The van der Waals surface area contributed by atoms with Gasteiger partial charge in [0.1, 0.15) is 18.3 Å². The van der Waals surface area contributed by atoms with Crippen molar-refractivity contribution in [1.82, 2.24) is 14.8 Å². The Kier molecular flexibility index (Phi) is 4.51. The Morgan fingerprint density at radius 1 is 1.09 bits per heavy atom. The van der Waals surface area contributed by atoms with E-state index in [1.165, 1.54) is 23.3 Å². The van der Waals surface area contributed by atoms with Gasteiger partial charge in [-0.1, -0.05) is 30.3 Å². The third-order valence-electron chi connectivity index (χ3n) is 6.67. The number of benzene rings is 2. The van der Waals surface area contributed by atoms with Crippen molar-refractivity contribution in [3.8, 4) is 0 Å². The molecule has 9 nitrogen and oxygen atoms in total. The van der Waals surface area contributed by atoms with Crippen molar-refractivity contribution < 1.29 is 18.9 Å². The molecule has 1 saturated heterocycles. The summed E-state index contributed by atoms with van der Waals surface area (Å²) in [5.41, 5.74) is 3.17. The SMILES string of the molecule is O=C1[C@@H]2Cc3c([nH]c4ccccc34)[C@H](c3cccc([N+](=O)[O-])c3)N2C(=O)CN1Cc1ccco1. The average molecular weight is 456 g/mol. The number of nitro benzene ring substituents is 1. The number of para-hydroxylation sites is 1. The molecule has 2 aliphatic heterocycles. The number of furan rings is 1. The van der Waals surface area contributed by atoms with E-state index in [9.17, 15) is 19.7 Å². The maximum absolute atomic E-state index is 13.6. The number of aromatic amines is 1. The molecule has 1 N–H and O–H groups in total. The van der Waals surface area contributed by atoms with Crippen molar-refractivity contribution in [2.24, 2.45) is 0 Å². The molecule has 0 bridgehead atoms. The van der Waals surface area contributed by atoms with Gasteiger partial charge in [0.05, 0.1) is 23.8 Å². The summed E-state index contributed by atoms with van der Waals surface area (Å²) < 4.78 is 5.40. The molecule has 0 radical (unpaired) electrons. The van der Waals surface area contributed by atoms with Gasteiger partial charge >= 0.3 is 0 Å². The second kappa shape index (κ2) is 7.58. The van der Waals surface area contributed by atoms with Crippen LogP contribution in [0.15, 0.2) is 71.3 Å². The predicted octanol–water partition coefficient (Wildman–Crippen LogP) is 3.55. The second-order valence-corrected chi connectivity index (χ2v) is 8.61. The maximum Gasteiger partial charge on any atom is 0.269 e. The molecular weight excluding hydrogens is 436 g/mol. The van der Waals surface area contributed by atoms with E-state index in [0.717, 1.165) is 22.2 Å². The first-order chi connectivity index (χ1) is 16.5. The molecule has 0 spiro atoms. The van der Waals surface area contributed by atoms with Gasteiger partial charge in [0.15, 0.2) is 0 Å². The summed E-state index contributed by atoms with van der Waals surface area (Å²) in [4.78, 5) is 44.7. The minimum absolute atomic E-state index is 0.0625. The first-order valence-electron chi connectivity index (χ1n) is 11.0. The van der Waals surface area contributed by atoms with Gasteiger partial charge in [0.2, 0.25) is 11.8 Å². The van der Waals surface area contributed by atoms with Crippen LogP contribution in [0.1, 0.15) is 28.6 Å². The van der Waals surface area contributed by atoms with Crippen molar-refractivity contribution in [2.75, 3.05) is 6.54 Å². The molecule has 0 aliphatic carbocycles. The van der Waals surface area contributed by atoms with Crippen molar-refractivity contribution >= 4 is 28.4 Å². The van der Waals surface area contributed by atoms with Gasteiger partial charge in [0, 0.05) is 35.2 Å². The van der Waals surface area contributed by atoms with Crippen molar-refractivity contribution in [1.29, 1.82) is 0 Å². The fourth-order valence-electron chi connectivity index (χ4n) is 5.20. The summed E-state index contributed by atoms with van der Waals surface area (Å²) in [6.45, 7) is 0.126. The molecule has 0 saturated carbocycles. The number of aromatic nitrogens is 1. The molecule has 34 heavy (non-hydrogen) atoms. The average Bonchev–Trinajstić information content (AvgIpc) is 3.48. The number of nitrogens with zero attached hydrogens (tertiary/aromatic N) is 3. The van der Waals surface area contributed by atoms with Crippen LogP contribution in [0.25, 0.3) is 10.9 Å². The Morgan fingerprint density at radius 2 is 1.94 bits per heavy atom. The van der Waals surface area contributed by atoms with Crippen LogP contribution in [0.3, 0.4) is 0 Å². The highest BCUT2D eigenvalue weighted by atomic mass is 16.6. The van der Waals surface area contributed by atoms with Crippen LogP contribution in [0.4, 0.5) is 5.69 Å². The number of amides is 2. The van der Waals surface area contributed by atoms with Crippen LogP contribution in [0.2, 0.25) is 0 Å². The molecule has 2 aliphatic rings. The number of nitrogens with one attached hydrogen (secondary N) is 1. The lowest BCUT2D eigenvalue weighted by Crippen LogP contribution is -2.62.